The summed E-state index contributed by atoms with van der Waals surface area (Å²) in [4.78, 5) is 0. The molecule has 0 saturated heterocycles. The number of hydrogen-bond donors (Lipinski definition) is 0. The van der Waals surface area contributed by atoms with Crippen molar-refractivity contribution in [2.45, 2.75) is 45.6 Å². The van der Waals surface area contributed by atoms with Crippen molar-refractivity contribution in [2.24, 2.45) is 11.8 Å². The van der Waals surface area contributed by atoms with E-state index in [1.165, 1.54) is 18.6 Å². The molecule has 0 aliphatic heterocycles. The van der Waals surface area contributed by atoms with E-state index in [1.54, 1.807) is 0 Å². The van der Waals surface area contributed by atoms with E-state index in [0.29, 0.717) is 35.4 Å². The van der Waals surface area contributed by atoms with Gasteiger partial charge in [0.15, 0.2) is 0 Å². The largest absolute Gasteiger partial charge is 0.490 e. The lowest BCUT2D eigenvalue weighted by Gasteiger charge is -2.31. The van der Waals surface area contributed by atoms with Crippen LogP contribution in [0.5, 0.6) is 5.75 Å². The number of ether oxygens (including phenoxy) is 1. The van der Waals surface area contributed by atoms with E-state index in [9.17, 15) is 4.39 Å². The van der Waals surface area contributed by atoms with Crippen molar-refractivity contribution >= 4 is 11.6 Å². The van der Waals surface area contributed by atoms with E-state index in [2.05, 4.69) is 25.7 Å². The Kier molecular flexibility index (Phi) is 5.94. The lowest BCUT2D eigenvalue weighted by molar-refractivity contribution is 0.101. The van der Waals surface area contributed by atoms with E-state index in [-0.39, 0.29) is 11.9 Å². The van der Waals surface area contributed by atoms with E-state index in [4.69, 9.17) is 16.3 Å². The zero-order chi connectivity index (χ0) is 15.2. The predicted molar refractivity (Wildman–Crippen MR) is 85.2 cm³/mol. The highest BCUT2D eigenvalue weighted by molar-refractivity contribution is 6.18. The van der Waals surface area contributed by atoms with Crippen molar-refractivity contribution in [3.05, 3.63) is 29.6 Å². The van der Waals surface area contributed by atoms with Crippen molar-refractivity contribution in [1.29, 1.82) is 0 Å². The van der Waals surface area contributed by atoms with Crippen LogP contribution in [-0.2, 0) is 0 Å². The highest BCUT2D eigenvalue weighted by Gasteiger charge is 2.25. The quantitative estimate of drug-likeness (QED) is 0.563. The van der Waals surface area contributed by atoms with Gasteiger partial charge in [0.2, 0.25) is 0 Å². The Morgan fingerprint density at radius 3 is 2.57 bits per heavy atom. The summed E-state index contributed by atoms with van der Waals surface area (Å²) in [6.07, 6.45) is 4.10. The van der Waals surface area contributed by atoms with Crippen LogP contribution in [0.4, 0.5) is 4.39 Å². The monoisotopic (exact) mass is 308 g/mol. The smallest absolute Gasteiger partial charge is 0.128 e. The molecule has 0 bridgehead atoms. The van der Waals surface area contributed by atoms with Gasteiger partial charge in [-0.15, -0.1) is 11.6 Å². The zero-order valence-electron chi connectivity index (χ0n) is 12.7. The number of rotatable bonds is 3. The van der Waals surface area contributed by atoms with Crippen LogP contribution in [0.25, 0.3) is 0 Å². The van der Waals surface area contributed by atoms with Crippen LogP contribution >= 0.6 is 11.6 Å². The summed E-state index contributed by atoms with van der Waals surface area (Å²) in [5.74, 6) is 7.93. The van der Waals surface area contributed by atoms with Gasteiger partial charge in [-0.3, -0.25) is 0 Å². The average Bonchev–Trinajstić information content (AvgIpc) is 2.37. The first-order valence-electron chi connectivity index (χ1n) is 7.59. The van der Waals surface area contributed by atoms with Crippen molar-refractivity contribution in [3.8, 4) is 17.6 Å². The molecule has 0 spiro atoms. The zero-order valence-corrected chi connectivity index (χ0v) is 13.4. The molecular formula is C18H22ClFO. The summed E-state index contributed by atoms with van der Waals surface area (Å²) in [7, 11) is 0. The molecule has 0 heterocycles. The number of benzene rings is 1. The van der Waals surface area contributed by atoms with Crippen LogP contribution in [0, 0.1) is 29.5 Å². The van der Waals surface area contributed by atoms with E-state index in [0.717, 1.165) is 12.8 Å². The second kappa shape index (κ2) is 7.71. The third kappa shape index (κ3) is 5.25. The predicted octanol–water partition coefficient (Wildman–Crippen LogP) is 5.01. The van der Waals surface area contributed by atoms with Gasteiger partial charge in [-0.05, 0) is 43.2 Å². The van der Waals surface area contributed by atoms with Crippen LogP contribution in [0.1, 0.15) is 45.1 Å². The van der Waals surface area contributed by atoms with Crippen LogP contribution in [-0.4, -0.2) is 12.0 Å². The minimum Gasteiger partial charge on any atom is -0.490 e. The molecule has 1 aromatic rings. The second-order valence-corrected chi connectivity index (χ2v) is 6.45. The van der Waals surface area contributed by atoms with Gasteiger partial charge in [-0.2, -0.15) is 0 Å². The molecular weight excluding hydrogens is 287 g/mol. The van der Waals surface area contributed by atoms with Gasteiger partial charge in [0.25, 0.3) is 0 Å². The molecule has 2 unspecified atom stereocenters. The van der Waals surface area contributed by atoms with E-state index in [1.807, 2.05) is 6.07 Å². The average molecular weight is 309 g/mol. The molecule has 1 aliphatic rings. The van der Waals surface area contributed by atoms with Gasteiger partial charge in [-0.25, -0.2) is 4.39 Å². The second-order valence-electron chi connectivity index (χ2n) is 6.07. The lowest BCUT2D eigenvalue weighted by Crippen LogP contribution is -2.28. The Bertz CT molecular complexity index is 522. The number of alkyl halides is 1. The third-order valence-corrected chi connectivity index (χ3v) is 3.95. The topological polar surface area (TPSA) is 9.23 Å². The summed E-state index contributed by atoms with van der Waals surface area (Å²) in [5, 5.41) is 0. The van der Waals surface area contributed by atoms with Gasteiger partial charge in [0.05, 0.1) is 6.10 Å². The molecule has 21 heavy (non-hydrogen) atoms. The van der Waals surface area contributed by atoms with Crippen molar-refractivity contribution in [1.82, 2.24) is 0 Å². The van der Waals surface area contributed by atoms with Gasteiger partial charge >= 0.3 is 0 Å². The maximum atomic E-state index is 13.7. The summed E-state index contributed by atoms with van der Waals surface area (Å²) in [6, 6.07) is 4.69. The molecule has 2 atom stereocenters. The Morgan fingerprint density at radius 1 is 1.19 bits per heavy atom. The Hall–Kier alpha value is -1.20. The van der Waals surface area contributed by atoms with Gasteiger partial charge in [-0.1, -0.05) is 25.7 Å². The molecule has 1 fully saturated rings. The van der Waals surface area contributed by atoms with Crippen LogP contribution in [0.15, 0.2) is 18.2 Å². The number of hydrogen-bond acceptors (Lipinski definition) is 1. The molecule has 3 heteroatoms. The molecule has 1 saturated carbocycles. The Balaban J connectivity index is 2.07. The fourth-order valence-corrected chi connectivity index (χ4v) is 3.17. The Labute approximate surface area is 131 Å². The van der Waals surface area contributed by atoms with E-state index < -0.39 is 0 Å². The molecule has 0 N–H and O–H groups in total. The normalized spacial score (nSPS) is 25.0. The maximum absolute atomic E-state index is 13.7. The molecule has 1 nitrogen and oxygen atoms in total. The van der Waals surface area contributed by atoms with Gasteiger partial charge in [0.1, 0.15) is 11.6 Å². The van der Waals surface area contributed by atoms with Gasteiger partial charge < -0.3 is 4.74 Å². The molecule has 2 rings (SSSR count). The summed E-state index contributed by atoms with van der Waals surface area (Å²) in [5.41, 5.74) is 0.645. The fourth-order valence-electron chi connectivity index (χ4n) is 3.08. The molecule has 1 aromatic carbocycles. The summed E-state index contributed by atoms with van der Waals surface area (Å²) in [6.45, 7) is 4.50. The van der Waals surface area contributed by atoms with Crippen molar-refractivity contribution in [2.75, 3.05) is 5.88 Å². The molecule has 0 radical (unpaired) electrons. The van der Waals surface area contributed by atoms with Gasteiger partial charge in [0, 0.05) is 23.9 Å². The number of halogens is 2. The molecule has 0 aromatic heterocycles. The molecule has 0 amide bonds. The summed E-state index contributed by atoms with van der Waals surface area (Å²) >= 11 is 5.59. The standard InChI is InChI=1S/C18H22ClFO/c1-13-7-14(2)9-17(8-13)21-18-11-15(5-3-4-6-19)10-16(20)12-18/h10-14,17H,4,6-9H2,1-2H3. The minimum absolute atomic E-state index is 0.175. The van der Waals surface area contributed by atoms with Crippen LogP contribution in [0.2, 0.25) is 0 Å². The fraction of sp³-hybridized carbons (Fsp3) is 0.556. The summed E-state index contributed by atoms with van der Waals surface area (Å²) < 4.78 is 19.7. The maximum Gasteiger partial charge on any atom is 0.128 e. The van der Waals surface area contributed by atoms with E-state index >= 15 is 0 Å². The highest BCUT2D eigenvalue weighted by atomic mass is 35.5. The molecule has 1 aliphatic carbocycles. The first-order chi connectivity index (χ1) is 10.1. The minimum atomic E-state index is -0.306. The van der Waals surface area contributed by atoms with Crippen molar-refractivity contribution < 1.29 is 9.13 Å². The first-order valence-corrected chi connectivity index (χ1v) is 8.12. The first kappa shape index (κ1) is 16.2. The van der Waals surface area contributed by atoms with Crippen LogP contribution < -0.4 is 4.74 Å². The highest BCUT2D eigenvalue weighted by Crippen LogP contribution is 2.31. The van der Waals surface area contributed by atoms with Crippen molar-refractivity contribution in [3.63, 3.8) is 0 Å². The molecule has 114 valence electrons. The van der Waals surface area contributed by atoms with Crippen LogP contribution in [0.3, 0.4) is 0 Å². The lowest BCUT2D eigenvalue weighted by atomic mass is 9.82. The SMILES string of the molecule is CC1CC(C)CC(Oc2cc(F)cc(C#CCCCl)c2)C1. The Morgan fingerprint density at radius 2 is 1.90 bits per heavy atom. The third-order valence-electron chi connectivity index (χ3n) is 3.76.